The molecule has 0 bridgehead atoms. The van der Waals surface area contributed by atoms with Crippen LogP contribution in [-0.4, -0.2) is 51.9 Å². The number of aromatic nitrogens is 3. The van der Waals surface area contributed by atoms with Crippen molar-refractivity contribution in [2.45, 2.75) is 6.42 Å². The normalized spacial score (nSPS) is 15.0. The molecule has 3 aromatic rings. The van der Waals surface area contributed by atoms with Gasteiger partial charge in [0.2, 0.25) is 11.9 Å². The zero-order chi connectivity index (χ0) is 16.4. The van der Waals surface area contributed by atoms with E-state index in [4.69, 9.17) is 0 Å². The summed E-state index contributed by atoms with van der Waals surface area (Å²) in [7, 11) is 0. The Kier molecular flexibility index (Phi) is 3.86. The van der Waals surface area contributed by atoms with Crippen LogP contribution in [0.2, 0.25) is 0 Å². The Bertz CT molecular complexity index is 837. The third-order valence-corrected chi connectivity index (χ3v) is 4.44. The molecule has 0 unspecified atom stereocenters. The first kappa shape index (κ1) is 14.7. The predicted molar refractivity (Wildman–Crippen MR) is 92.8 cm³/mol. The number of fused-ring (bicyclic) bond motifs is 1. The summed E-state index contributed by atoms with van der Waals surface area (Å²) in [6, 6.07) is 9.97. The summed E-state index contributed by atoms with van der Waals surface area (Å²) in [5.41, 5.74) is 2.16. The van der Waals surface area contributed by atoms with Crippen molar-refractivity contribution >= 4 is 22.8 Å². The molecule has 4 rings (SSSR count). The largest absolute Gasteiger partial charge is 0.361 e. The van der Waals surface area contributed by atoms with Gasteiger partial charge in [-0.15, -0.1) is 0 Å². The number of H-pyrrole nitrogens is 1. The first-order valence-corrected chi connectivity index (χ1v) is 8.15. The molecular weight excluding hydrogens is 302 g/mol. The lowest BCUT2D eigenvalue weighted by Crippen LogP contribution is -2.49. The summed E-state index contributed by atoms with van der Waals surface area (Å²) in [5.74, 6) is 0.918. The number of anilines is 1. The molecule has 0 radical (unpaired) electrons. The third-order valence-electron chi connectivity index (χ3n) is 4.44. The van der Waals surface area contributed by atoms with Gasteiger partial charge in [0.1, 0.15) is 0 Å². The molecular formula is C18H19N5O. The van der Waals surface area contributed by atoms with Crippen molar-refractivity contribution in [2.24, 2.45) is 0 Å². The standard InChI is InChI=1S/C18H19N5O/c24-17(13-14-2-3-16-15(12-14)4-7-19-16)22-8-10-23(11-9-22)18-20-5-1-6-21-18/h1-7,12,19H,8-11,13H2. The lowest BCUT2D eigenvalue weighted by atomic mass is 10.1. The van der Waals surface area contributed by atoms with Gasteiger partial charge in [0.05, 0.1) is 6.42 Å². The number of benzene rings is 1. The maximum absolute atomic E-state index is 12.6. The molecule has 3 heterocycles. The van der Waals surface area contributed by atoms with E-state index in [1.807, 2.05) is 35.4 Å². The number of amides is 1. The van der Waals surface area contributed by atoms with Crippen molar-refractivity contribution in [1.29, 1.82) is 0 Å². The smallest absolute Gasteiger partial charge is 0.227 e. The van der Waals surface area contributed by atoms with E-state index in [2.05, 4.69) is 25.9 Å². The van der Waals surface area contributed by atoms with Crippen LogP contribution in [-0.2, 0) is 11.2 Å². The minimum Gasteiger partial charge on any atom is -0.361 e. The topological polar surface area (TPSA) is 65.1 Å². The maximum atomic E-state index is 12.6. The highest BCUT2D eigenvalue weighted by molar-refractivity contribution is 5.83. The number of nitrogens with zero attached hydrogens (tertiary/aromatic N) is 4. The van der Waals surface area contributed by atoms with Crippen molar-refractivity contribution in [3.05, 3.63) is 54.5 Å². The van der Waals surface area contributed by atoms with Gasteiger partial charge in [-0.05, 0) is 35.2 Å². The number of carbonyl (C=O) groups is 1. The van der Waals surface area contributed by atoms with Crippen LogP contribution in [0.5, 0.6) is 0 Å². The SMILES string of the molecule is O=C(Cc1ccc2[nH]ccc2c1)N1CCN(c2ncccn2)CC1. The average Bonchev–Trinajstić information content (AvgIpc) is 3.10. The van der Waals surface area contributed by atoms with Gasteiger partial charge in [0.25, 0.3) is 0 Å². The Morgan fingerprint density at radius 2 is 1.88 bits per heavy atom. The molecule has 24 heavy (non-hydrogen) atoms. The average molecular weight is 321 g/mol. The van der Waals surface area contributed by atoms with Crippen LogP contribution in [0.15, 0.2) is 48.9 Å². The lowest BCUT2D eigenvalue weighted by molar-refractivity contribution is -0.130. The van der Waals surface area contributed by atoms with E-state index >= 15 is 0 Å². The van der Waals surface area contributed by atoms with Crippen molar-refractivity contribution in [1.82, 2.24) is 19.9 Å². The van der Waals surface area contributed by atoms with Crippen molar-refractivity contribution in [2.75, 3.05) is 31.1 Å². The van der Waals surface area contributed by atoms with Crippen LogP contribution in [0.4, 0.5) is 5.95 Å². The zero-order valence-electron chi connectivity index (χ0n) is 13.4. The molecule has 1 saturated heterocycles. The number of piperazine rings is 1. The van der Waals surface area contributed by atoms with Crippen LogP contribution < -0.4 is 4.90 Å². The fourth-order valence-corrected chi connectivity index (χ4v) is 3.11. The maximum Gasteiger partial charge on any atom is 0.227 e. The van der Waals surface area contributed by atoms with Gasteiger partial charge < -0.3 is 14.8 Å². The second kappa shape index (κ2) is 6.31. The Labute approximate surface area is 140 Å². The summed E-state index contributed by atoms with van der Waals surface area (Å²) in [5, 5.41) is 1.14. The van der Waals surface area contributed by atoms with E-state index in [0.717, 1.165) is 35.5 Å². The molecule has 0 atom stereocenters. The number of carbonyl (C=O) groups excluding carboxylic acids is 1. The summed E-state index contributed by atoms with van der Waals surface area (Å²) < 4.78 is 0. The number of hydrogen-bond acceptors (Lipinski definition) is 4. The monoisotopic (exact) mass is 321 g/mol. The first-order chi connectivity index (χ1) is 11.8. The van der Waals surface area contributed by atoms with Gasteiger partial charge in [-0.1, -0.05) is 6.07 Å². The second-order valence-electron chi connectivity index (χ2n) is 5.99. The van der Waals surface area contributed by atoms with E-state index in [-0.39, 0.29) is 5.91 Å². The van der Waals surface area contributed by atoms with Gasteiger partial charge in [0.15, 0.2) is 0 Å². The first-order valence-electron chi connectivity index (χ1n) is 8.15. The summed E-state index contributed by atoms with van der Waals surface area (Å²) in [6.45, 7) is 2.96. The quantitative estimate of drug-likeness (QED) is 0.799. The predicted octanol–water partition coefficient (Wildman–Crippen LogP) is 1.85. The Morgan fingerprint density at radius 3 is 2.67 bits per heavy atom. The number of nitrogens with one attached hydrogen (secondary N) is 1. The molecule has 1 N–H and O–H groups in total. The van der Waals surface area contributed by atoms with E-state index < -0.39 is 0 Å². The molecule has 6 heteroatoms. The minimum absolute atomic E-state index is 0.179. The highest BCUT2D eigenvalue weighted by Gasteiger charge is 2.22. The van der Waals surface area contributed by atoms with Crippen LogP contribution in [0, 0.1) is 0 Å². The van der Waals surface area contributed by atoms with Crippen LogP contribution in [0.25, 0.3) is 10.9 Å². The van der Waals surface area contributed by atoms with E-state index in [1.54, 1.807) is 12.4 Å². The number of aromatic amines is 1. The van der Waals surface area contributed by atoms with Gasteiger partial charge in [-0.2, -0.15) is 0 Å². The Balaban J connectivity index is 1.37. The van der Waals surface area contributed by atoms with Crippen molar-refractivity contribution < 1.29 is 4.79 Å². The molecule has 1 fully saturated rings. The Hall–Kier alpha value is -2.89. The van der Waals surface area contributed by atoms with Gasteiger partial charge in [-0.25, -0.2) is 9.97 Å². The van der Waals surface area contributed by atoms with Gasteiger partial charge in [-0.3, -0.25) is 4.79 Å². The molecule has 6 nitrogen and oxygen atoms in total. The summed E-state index contributed by atoms with van der Waals surface area (Å²) >= 11 is 0. The lowest BCUT2D eigenvalue weighted by Gasteiger charge is -2.34. The number of hydrogen-bond donors (Lipinski definition) is 1. The second-order valence-corrected chi connectivity index (χ2v) is 5.99. The fourth-order valence-electron chi connectivity index (χ4n) is 3.11. The molecule has 0 aliphatic carbocycles. The minimum atomic E-state index is 0.179. The van der Waals surface area contributed by atoms with E-state index in [1.165, 1.54) is 0 Å². The molecule has 2 aromatic heterocycles. The number of rotatable bonds is 3. The highest BCUT2D eigenvalue weighted by Crippen LogP contribution is 2.16. The molecule has 1 aliphatic rings. The van der Waals surface area contributed by atoms with Crippen molar-refractivity contribution in [3.8, 4) is 0 Å². The molecule has 0 spiro atoms. The molecule has 1 amide bonds. The van der Waals surface area contributed by atoms with Crippen LogP contribution in [0.1, 0.15) is 5.56 Å². The molecule has 1 aliphatic heterocycles. The summed E-state index contributed by atoms with van der Waals surface area (Å²) in [6.07, 6.45) is 5.86. The van der Waals surface area contributed by atoms with Crippen LogP contribution in [0.3, 0.4) is 0 Å². The third kappa shape index (κ3) is 2.95. The van der Waals surface area contributed by atoms with Crippen molar-refractivity contribution in [3.63, 3.8) is 0 Å². The molecule has 0 saturated carbocycles. The van der Waals surface area contributed by atoms with Gasteiger partial charge in [0, 0.05) is 50.3 Å². The van der Waals surface area contributed by atoms with Crippen LogP contribution >= 0.6 is 0 Å². The molecule has 1 aromatic carbocycles. The van der Waals surface area contributed by atoms with E-state index in [9.17, 15) is 4.79 Å². The zero-order valence-corrected chi connectivity index (χ0v) is 13.4. The van der Waals surface area contributed by atoms with E-state index in [0.29, 0.717) is 19.5 Å². The van der Waals surface area contributed by atoms with Gasteiger partial charge >= 0.3 is 0 Å². The summed E-state index contributed by atoms with van der Waals surface area (Å²) in [4.78, 5) is 28.3. The molecule has 122 valence electrons. The Morgan fingerprint density at radius 1 is 1.08 bits per heavy atom. The highest BCUT2D eigenvalue weighted by atomic mass is 16.2. The fraction of sp³-hybridized carbons (Fsp3) is 0.278.